The Kier molecular flexibility index (Phi) is 14.4. The molecule has 0 fully saturated rings. The standard InChI is InChI=1S/C60H66N4O9/c1-6-44-35-48(63(67)68)36-45-30-32-59(72-55(44)45)57(2,3)50-21-16-18-23-52(50)61(59)39-42-26-28-43(29-27-42)40-62-53-24-19-17-22-51(53)58(4,5)60(62)33-31-46-37-49(64(69)70)38-47(56(46)73-60)41-71-54(66)25-15-13-11-9-7-8-10-12-14-20-34-65/h8,10,16-19,21-24,26-33,35-38,65H,6-7,9,11-15,20,25,34,39-41H2,1-5H3/b10-8+. The molecule has 0 aliphatic carbocycles. The lowest BCUT2D eigenvalue weighted by Gasteiger charge is -2.47. The first kappa shape index (κ1) is 50.7. The maximum absolute atomic E-state index is 13.1. The summed E-state index contributed by atoms with van der Waals surface area (Å²) in [6.07, 6.45) is 20.6. The molecule has 13 nitrogen and oxygen atoms in total. The summed E-state index contributed by atoms with van der Waals surface area (Å²) in [5.41, 5.74) is 5.67. The Bertz CT molecular complexity index is 3000. The van der Waals surface area contributed by atoms with Gasteiger partial charge in [0.1, 0.15) is 18.1 Å². The highest BCUT2D eigenvalue weighted by Gasteiger charge is 2.60. The average molecular weight is 987 g/mol. The minimum absolute atomic E-state index is 0.0437. The zero-order valence-electron chi connectivity index (χ0n) is 42.6. The van der Waals surface area contributed by atoms with Gasteiger partial charge in [-0.3, -0.25) is 25.0 Å². The number of allylic oxidation sites excluding steroid dienone is 2. The molecule has 4 aliphatic rings. The summed E-state index contributed by atoms with van der Waals surface area (Å²) < 4.78 is 20.3. The highest BCUT2D eigenvalue weighted by Crippen LogP contribution is 2.58. The third-order valence-corrected chi connectivity index (χ3v) is 15.5. The summed E-state index contributed by atoms with van der Waals surface area (Å²) in [5.74, 6) is 0.750. The SMILES string of the molecule is CCc1cc([N+](=O)[O-])cc2c1OC1(C=C2)N(Cc2ccc(CN3c4ccccc4C(C)(C)C34C=Cc3cc([N+](=O)[O-])cc(COC(=O)CCCCCC/C=C/CCCCO)c3O4)cc2)c2ccccc2C1(C)C. The molecule has 5 aromatic carbocycles. The largest absolute Gasteiger partial charge is 0.462 e. The number of aliphatic hydroxyl groups excluding tert-OH is 1. The summed E-state index contributed by atoms with van der Waals surface area (Å²) in [7, 11) is 0. The van der Waals surface area contributed by atoms with E-state index in [1.807, 2.05) is 43.4 Å². The number of benzene rings is 5. The molecule has 2 atom stereocenters. The number of para-hydroxylation sites is 2. The van der Waals surface area contributed by atoms with Crippen molar-refractivity contribution < 1.29 is 34.0 Å². The number of ether oxygens (including phenoxy) is 3. The van der Waals surface area contributed by atoms with Crippen molar-refractivity contribution in [2.24, 2.45) is 0 Å². The van der Waals surface area contributed by atoms with Crippen LogP contribution in [0.15, 0.2) is 121 Å². The van der Waals surface area contributed by atoms with Gasteiger partial charge in [0.2, 0.25) is 11.4 Å². The molecule has 13 heteroatoms. The van der Waals surface area contributed by atoms with Crippen LogP contribution < -0.4 is 19.3 Å². The first-order chi connectivity index (χ1) is 35.1. The molecule has 73 heavy (non-hydrogen) atoms. The van der Waals surface area contributed by atoms with Crippen molar-refractivity contribution >= 4 is 40.9 Å². The number of unbranched alkanes of at least 4 members (excludes halogenated alkanes) is 6. The van der Waals surface area contributed by atoms with Crippen LogP contribution in [0.3, 0.4) is 0 Å². The number of carbonyl (C=O) groups excluding carboxylic acids is 1. The monoisotopic (exact) mass is 986 g/mol. The van der Waals surface area contributed by atoms with Crippen LogP contribution in [0.5, 0.6) is 11.5 Å². The van der Waals surface area contributed by atoms with Gasteiger partial charge in [-0.15, -0.1) is 0 Å². The first-order valence-corrected chi connectivity index (χ1v) is 25.8. The van der Waals surface area contributed by atoms with Gasteiger partial charge >= 0.3 is 5.97 Å². The lowest BCUT2D eigenvalue weighted by atomic mass is 9.76. The number of carbonyl (C=O) groups is 1. The van der Waals surface area contributed by atoms with E-state index in [0.717, 1.165) is 84.1 Å². The number of nitrogens with zero attached hydrogens (tertiary/aromatic N) is 4. The smallest absolute Gasteiger partial charge is 0.306 e. The molecule has 0 radical (unpaired) electrons. The van der Waals surface area contributed by atoms with Crippen LogP contribution in [-0.2, 0) is 46.5 Å². The highest BCUT2D eigenvalue weighted by molar-refractivity contribution is 5.76. The molecule has 0 bridgehead atoms. The van der Waals surface area contributed by atoms with Crippen molar-refractivity contribution in [3.8, 4) is 11.5 Å². The predicted octanol–water partition coefficient (Wildman–Crippen LogP) is 13.4. The van der Waals surface area contributed by atoms with Crippen molar-refractivity contribution in [2.75, 3.05) is 16.4 Å². The van der Waals surface area contributed by atoms with Crippen LogP contribution in [0.25, 0.3) is 12.2 Å². The number of non-ortho nitro benzene ring substituents is 2. The number of aryl methyl sites for hydroxylation is 1. The predicted molar refractivity (Wildman–Crippen MR) is 286 cm³/mol. The summed E-state index contributed by atoms with van der Waals surface area (Å²) >= 11 is 0. The molecule has 4 heterocycles. The molecule has 5 aromatic rings. The second-order valence-electron chi connectivity index (χ2n) is 20.8. The molecule has 2 spiro atoms. The number of anilines is 2. The Balaban J connectivity index is 0.947. The molecule has 380 valence electrons. The highest BCUT2D eigenvalue weighted by atomic mass is 16.6. The number of esters is 1. The van der Waals surface area contributed by atoms with Crippen LogP contribution in [0.4, 0.5) is 22.7 Å². The van der Waals surface area contributed by atoms with Gasteiger partial charge in [0, 0.05) is 84.0 Å². The van der Waals surface area contributed by atoms with Gasteiger partial charge in [-0.05, 0) is 131 Å². The minimum Gasteiger partial charge on any atom is -0.462 e. The van der Waals surface area contributed by atoms with E-state index in [9.17, 15) is 25.0 Å². The summed E-state index contributed by atoms with van der Waals surface area (Å²) in [4.78, 5) is 41.0. The minimum atomic E-state index is -1.07. The summed E-state index contributed by atoms with van der Waals surface area (Å²) in [6, 6.07) is 31.4. The third-order valence-electron chi connectivity index (χ3n) is 15.5. The molecule has 4 aliphatic heterocycles. The number of aliphatic hydroxyl groups is 1. The molecule has 1 N–H and O–H groups in total. The van der Waals surface area contributed by atoms with E-state index in [1.165, 1.54) is 12.1 Å². The van der Waals surface area contributed by atoms with Gasteiger partial charge in [0.05, 0.1) is 20.7 Å². The zero-order valence-corrected chi connectivity index (χ0v) is 42.6. The second kappa shape index (κ2) is 20.7. The lowest BCUT2D eigenvalue weighted by molar-refractivity contribution is -0.385. The van der Waals surface area contributed by atoms with Crippen LogP contribution in [-0.4, -0.2) is 39.0 Å². The molecular weight excluding hydrogens is 921 g/mol. The van der Waals surface area contributed by atoms with Crippen molar-refractivity contribution in [1.29, 1.82) is 0 Å². The molecule has 2 unspecified atom stereocenters. The van der Waals surface area contributed by atoms with E-state index in [0.29, 0.717) is 54.1 Å². The zero-order chi connectivity index (χ0) is 51.5. The van der Waals surface area contributed by atoms with Gasteiger partial charge in [-0.2, -0.15) is 0 Å². The topological polar surface area (TPSA) is 158 Å². The second-order valence-corrected chi connectivity index (χ2v) is 20.8. The number of nitro groups is 2. The van der Waals surface area contributed by atoms with E-state index in [4.69, 9.17) is 19.3 Å². The Hall–Kier alpha value is -7.25. The van der Waals surface area contributed by atoms with E-state index in [2.05, 4.69) is 110 Å². The Morgan fingerprint density at radius 2 is 1.11 bits per heavy atom. The number of rotatable bonds is 20. The molecule has 0 saturated carbocycles. The fourth-order valence-electron chi connectivity index (χ4n) is 11.4. The molecule has 0 saturated heterocycles. The fourth-order valence-corrected chi connectivity index (χ4v) is 11.4. The fraction of sp³-hybridized carbons (Fsp3) is 0.383. The first-order valence-electron chi connectivity index (χ1n) is 25.8. The summed E-state index contributed by atoms with van der Waals surface area (Å²) in [6.45, 7) is 11.7. The summed E-state index contributed by atoms with van der Waals surface area (Å²) in [5, 5.41) is 33.0. The van der Waals surface area contributed by atoms with E-state index < -0.39 is 27.2 Å². The van der Waals surface area contributed by atoms with Crippen molar-refractivity contribution in [3.05, 3.63) is 186 Å². The Morgan fingerprint density at radius 3 is 1.60 bits per heavy atom. The molecular formula is C60H66N4O9. The maximum atomic E-state index is 13.1. The van der Waals surface area contributed by atoms with Crippen molar-refractivity contribution in [2.45, 2.75) is 141 Å². The van der Waals surface area contributed by atoms with Crippen LogP contribution in [0.1, 0.15) is 137 Å². The van der Waals surface area contributed by atoms with Gasteiger partial charge < -0.3 is 29.1 Å². The Morgan fingerprint density at radius 1 is 0.644 bits per heavy atom. The quantitative estimate of drug-likeness (QED) is 0.0260. The van der Waals surface area contributed by atoms with Crippen molar-refractivity contribution in [1.82, 2.24) is 0 Å². The number of fused-ring (bicyclic) bond motifs is 4. The number of hydrogen-bond acceptors (Lipinski definition) is 11. The van der Waals surface area contributed by atoms with E-state index in [-0.39, 0.29) is 41.9 Å². The third kappa shape index (κ3) is 9.39. The van der Waals surface area contributed by atoms with Gasteiger partial charge in [-0.25, -0.2) is 0 Å². The number of hydrogen-bond donors (Lipinski definition) is 1. The molecule has 0 amide bonds. The van der Waals surface area contributed by atoms with Crippen molar-refractivity contribution in [3.63, 3.8) is 0 Å². The normalized spacial score (nSPS) is 19.4. The average Bonchev–Trinajstić information content (AvgIpc) is 3.67. The van der Waals surface area contributed by atoms with Crippen LogP contribution in [0.2, 0.25) is 0 Å². The Labute approximate surface area is 428 Å². The van der Waals surface area contributed by atoms with Gasteiger partial charge in [-0.1, -0.05) is 92.6 Å². The molecule has 0 aromatic heterocycles. The van der Waals surface area contributed by atoms with Crippen LogP contribution in [0, 0.1) is 20.2 Å². The maximum Gasteiger partial charge on any atom is 0.306 e. The van der Waals surface area contributed by atoms with Crippen LogP contribution >= 0.6 is 0 Å². The van der Waals surface area contributed by atoms with Gasteiger partial charge in [0.15, 0.2) is 0 Å². The lowest BCUT2D eigenvalue weighted by Crippen LogP contribution is -2.59. The van der Waals surface area contributed by atoms with E-state index in [1.54, 1.807) is 12.1 Å². The molecule has 9 rings (SSSR count). The van der Waals surface area contributed by atoms with E-state index >= 15 is 0 Å². The number of nitro benzene ring substituents is 2. The van der Waals surface area contributed by atoms with Gasteiger partial charge in [0.25, 0.3) is 11.4 Å².